The molecule has 0 atom stereocenters. The molecule has 0 N–H and O–H groups in total. The average molecular weight is 294 g/mol. The van der Waals surface area contributed by atoms with Gasteiger partial charge in [0.05, 0.1) is 23.4 Å². The van der Waals surface area contributed by atoms with E-state index in [4.69, 9.17) is 14.4 Å². The Labute approximate surface area is 125 Å². The third-order valence-electron chi connectivity index (χ3n) is 4.68. The highest BCUT2D eigenvalue weighted by Gasteiger charge is 2.53. The second-order valence-corrected chi connectivity index (χ2v) is 7.63. The predicted octanol–water partition coefficient (Wildman–Crippen LogP) is 1.99. The van der Waals surface area contributed by atoms with Gasteiger partial charge < -0.3 is 9.31 Å². The third-order valence-corrected chi connectivity index (χ3v) is 5.63. The van der Waals surface area contributed by atoms with Crippen LogP contribution in [0.1, 0.15) is 46.0 Å². The second-order valence-electron chi connectivity index (χ2n) is 6.52. The highest BCUT2D eigenvalue weighted by molar-refractivity contribution is 7.98. The molecule has 0 aromatic carbocycles. The number of nitrogens with zero attached hydrogens (tertiary/aromatic N) is 2. The highest BCUT2D eigenvalue weighted by Crippen LogP contribution is 2.37. The zero-order valence-electron chi connectivity index (χ0n) is 13.0. The first-order valence-corrected chi connectivity index (χ1v) is 8.53. The number of rotatable bonds is 2. The molecule has 0 amide bonds. The summed E-state index contributed by atoms with van der Waals surface area (Å²) in [6.45, 7) is 11.5. The van der Waals surface area contributed by atoms with Crippen LogP contribution < -0.4 is 5.46 Å². The normalized spacial score (nSPS) is 23.9. The van der Waals surface area contributed by atoms with Gasteiger partial charge in [0.1, 0.15) is 0 Å². The van der Waals surface area contributed by atoms with E-state index in [0.29, 0.717) is 0 Å². The monoisotopic (exact) mass is 294 g/mol. The van der Waals surface area contributed by atoms with E-state index in [-0.39, 0.29) is 18.3 Å². The van der Waals surface area contributed by atoms with E-state index in [1.807, 2.05) is 11.8 Å². The Morgan fingerprint density at radius 3 is 2.50 bits per heavy atom. The molecule has 1 aromatic rings. The molecule has 1 aromatic heterocycles. The molecular weight excluding hydrogens is 271 g/mol. The van der Waals surface area contributed by atoms with Gasteiger partial charge in [-0.2, -0.15) is 16.9 Å². The second kappa shape index (κ2) is 4.78. The van der Waals surface area contributed by atoms with Gasteiger partial charge in [-0.25, -0.2) is 0 Å². The van der Waals surface area contributed by atoms with E-state index in [9.17, 15) is 0 Å². The number of fused-ring (bicyclic) bond motifs is 1. The van der Waals surface area contributed by atoms with Crippen molar-refractivity contribution < 1.29 is 9.31 Å². The smallest absolute Gasteiger partial charge is 0.399 e. The molecule has 4 nitrogen and oxygen atoms in total. The van der Waals surface area contributed by atoms with Crippen molar-refractivity contribution in [1.82, 2.24) is 9.78 Å². The fraction of sp³-hybridized carbons (Fsp3) is 0.786. The Balaban J connectivity index is 2.01. The van der Waals surface area contributed by atoms with Crippen molar-refractivity contribution in [3.05, 3.63) is 11.4 Å². The molecule has 2 aliphatic heterocycles. The lowest BCUT2D eigenvalue weighted by Crippen LogP contribution is -2.41. The molecular formula is C14H23BN2O2S. The standard InChI is InChI=1S/C14H23BN2O2S/c1-6-10-12(11-9-20-8-7-17(11)16-10)15-18-13(2,3)14(4,5)19-15/h6-9H2,1-5H3. The van der Waals surface area contributed by atoms with Gasteiger partial charge in [0.25, 0.3) is 0 Å². The summed E-state index contributed by atoms with van der Waals surface area (Å²) in [5, 5.41) is 4.75. The highest BCUT2D eigenvalue weighted by atomic mass is 32.2. The van der Waals surface area contributed by atoms with Crippen molar-refractivity contribution in [2.24, 2.45) is 0 Å². The van der Waals surface area contributed by atoms with Crippen LogP contribution in [0.25, 0.3) is 0 Å². The van der Waals surface area contributed by atoms with Crippen molar-refractivity contribution >= 4 is 24.3 Å². The van der Waals surface area contributed by atoms with Crippen molar-refractivity contribution in [3.63, 3.8) is 0 Å². The molecule has 1 saturated heterocycles. The van der Waals surface area contributed by atoms with Crippen LogP contribution >= 0.6 is 11.8 Å². The minimum Gasteiger partial charge on any atom is -0.399 e. The van der Waals surface area contributed by atoms with Crippen molar-refractivity contribution in [2.45, 2.75) is 64.5 Å². The lowest BCUT2D eigenvalue weighted by molar-refractivity contribution is 0.00578. The summed E-state index contributed by atoms with van der Waals surface area (Å²) in [6, 6.07) is 0. The lowest BCUT2D eigenvalue weighted by atomic mass is 9.76. The molecule has 20 heavy (non-hydrogen) atoms. The Hall–Kier alpha value is -0.455. The van der Waals surface area contributed by atoms with E-state index in [2.05, 4.69) is 39.3 Å². The summed E-state index contributed by atoms with van der Waals surface area (Å²) in [7, 11) is -0.280. The van der Waals surface area contributed by atoms with Gasteiger partial charge in [0, 0.05) is 22.7 Å². The Bertz CT molecular complexity index is 511. The van der Waals surface area contributed by atoms with Gasteiger partial charge in [-0.3, -0.25) is 4.68 Å². The number of thioether (sulfide) groups is 1. The van der Waals surface area contributed by atoms with Crippen molar-refractivity contribution in [1.29, 1.82) is 0 Å². The van der Waals surface area contributed by atoms with Crippen LogP contribution in [0.5, 0.6) is 0 Å². The zero-order chi connectivity index (χ0) is 14.5. The maximum Gasteiger partial charge on any atom is 0.498 e. The maximum absolute atomic E-state index is 6.23. The maximum atomic E-state index is 6.23. The molecule has 6 heteroatoms. The average Bonchev–Trinajstić information content (AvgIpc) is 2.84. The first-order valence-electron chi connectivity index (χ1n) is 7.37. The van der Waals surface area contributed by atoms with Crippen LogP contribution in [0.2, 0.25) is 0 Å². The fourth-order valence-corrected chi connectivity index (χ4v) is 3.66. The lowest BCUT2D eigenvalue weighted by Gasteiger charge is -2.32. The van der Waals surface area contributed by atoms with E-state index in [1.165, 1.54) is 11.2 Å². The summed E-state index contributed by atoms with van der Waals surface area (Å²) in [5.41, 5.74) is 3.01. The molecule has 0 unspecified atom stereocenters. The summed E-state index contributed by atoms with van der Waals surface area (Å²) in [6.07, 6.45) is 0.921. The summed E-state index contributed by atoms with van der Waals surface area (Å²) >= 11 is 1.96. The summed E-state index contributed by atoms with van der Waals surface area (Å²) in [4.78, 5) is 0. The van der Waals surface area contributed by atoms with E-state index >= 15 is 0 Å². The topological polar surface area (TPSA) is 36.3 Å². The molecule has 3 heterocycles. The Kier molecular flexibility index (Phi) is 3.46. The quantitative estimate of drug-likeness (QED) is 0.782. The zero-order valence-corrected chi connectivity index (χ0v) is 13.8. The molecule has 0 spiro atoms. The molecule has 3 rings (SSSR count). The largest absolute Gasteiger partial charge is 0.498 e. The van der Waals surface area contributed by atoms with Gasteiger partial charge in [-0.1, -0.05) is 6.92 Å². The van der Waals surface area contributed by atoms with Crippen LogP contribution in [0.4, 0.5) is 0 Å². The van der Waals surface area contributed by atoms with Crippen molar-refractivity contribution in [2.75, 3.05) is 5.75 Å². The van der Waals surface area contributed by atoms with E-state index in [0.717, 1.165) is 30.2 Å². The van der Waals surface area contributed by atoms with Gasteiger partial charge in [-0.15, -0.1) is 0 Å². The fourth-order valence-electron chi connectivity index (χ4n) is 2.72. The SMILES string of the molecule is CCc1nn2c(c1B1OC(C)(C)C(C)(C)O1)CSCC2. The molecule has 1 fully saturated rings. The van der Waals surface area contributed by atoms with Crippen LogP contribution in [0.3, 0.4) is 0 Å². The van der Waals surface area contributed by atoms with Crippen LogP contribution in [0.15, 0.2) is 0 Å². The van der Waals surface area contributed by atoms with Gasteiger partial charge >= 0.3 is 7.12 Å². The Morgan fingerprint density at radius 1 is 1.25 bits per heavy atom. The minimum atomic E-state index is -0.292. The van der Waals surface area contributed by atoms with Gasteiger partial charge in [0.2, 0.25) is 0 Å². The van der Waals surface area contributed by atoms with Crippen LogP contribution in [-0.4, -0.2) is 33.9 Å². The molecule has 0 bridgehead atoms. The predicted molar refractivity (Wildman–Crippen MR) is 83.5 cm³/mol. The number of aryl methyl sites for hydroxylation is 2. The van der Waals surface area contributed by atoms with Crippen LogP contribution in [0, 0.1) is 0 Å². The van der Waals surface area contributed by atoms with Crippen molar-refractivity contribution in [3.8, 4) is 0 Å². The Morgan fingerprint density at radius 2 is 1.90 bits per heavy atom. The first kappa shape index (κ1) is 14.5. The first-order chi connectivity index (χ1) is 9.36. The van der Waals surface area contributed by atoms with E-state index in [1.54, 1.807) is 0 Å². The molecule has 0 aliphatic carbocycles. The van der Waals surface area contributed by atoms with Gasteiger partial charge in [-0.05, 0) is 34.1 Å². The van der Waals surface area contributed by atoms with E-state index < -0.39 is 0 Å². The minimum absolute atomic E-state index is 0.280. The van der Waals surface area contributed by atoms with Crippen LogP contribution in [-0.2, 0) is 28.0 Å². The summed E-state index contributed by atoms with van der Waals surface area (Å²) < 4.78 is 14.6. The molecule has 0 radical (unpaired) electrons. The number of hydrogen-bond acceptors (Lipinski definition) is 4. The summed E-state index contributed by atoms with van der Waals surface area (Å²) in [5.74, 6) is 2.15. The molecule has 110 valence electrons. The third kappa shape index (κ3) is 2.12. The number of aromatic nitrogens is 2. The molecule has 0 saturated carbocycles. The van der Waals surface area contributed by atoms with Gasteiger partial charge in [0.15, 0.2) is 0 Å². The molecule has 2 aliphatic rings. The number of hydrogen-bond donors (Lipinski definition) is 0.